The smallest absolute Gasteiger partial charge is 0.349 e. The average molecular weight is 981 g/mol. The summed E-state index contributed by atoms with van der Waals surface area (Å²) in [7, 11) is -2.50. The van der Waals surface area contributed by atoms with Crippen molar-refractivity contribution in [2.24, 2.45) is 0 Å². The van der Waals surface area contributed by atoms with Crippen LogP contribution in [0.3, 0.4) is 0 Å². The third-order valence-electron chi connectivity index (χ3n) is 9.37. The first kappa shape index (κ1) is 52.3. The molecular formula is C41H54N14O11P2. The molecular weight excluding hydrogens is 926 g/mol. The summed E-state index contributed by atoms with van der Waals surface area (Å²) in [4.78, 5) is 80.5. The second-order valence-corrected chi connectivity index (χ2v) is 18.8. The Hall–Kier alpha value is -6.72. The van der Waals surface area contributed by atoms with Crippen LogP contribution in [0, 0.1) is 0 Å². The maximum Gasteiger partial charge on any atom is 0.349 e. The lowest BCUT2D eigenvalue weighted by Crippen LogP contribution is -2.26. The number of hydrogen-bond donors (Lipinski definition) is 7. The maximum absolute atomic E-state index is 12.5. The summed E-state index contributed by atoms with van der Waals surface area (Å²) >= 11 is 0. The van der Waals surface area contributed by atoms with Crippen molar-refractivity contribution in [2.75, 3.05) is 74.6 Å². The van der Waals surface area contributed by atoms with Gasteiger partial charge >= 0.3 is 21.2 Å². The standard InChI is InChI=1S/C20H26N7O5P.C15H14N6O3.C6H14NO3P/c1-4-31-33(30,32-5-2)12-23-18(28)13-6-8-15(9-7-13)27(3)11-14-10-22-17-16(24-14)19(29)26-20(21)25-17;1-21(10-4-2-8(3-5-10)14(23)24)7-9-6-17-12-11(18-9)13(22)20-15(16)19-12;1-3-9-11(8,10-4-2)6-5-7-6/h6-10H,4-5,11-12H2,1-3H3,(H,23,28)(H3,21,22,25,26,29);2-6H,7H2,1H3,(H,23,24)(H3,16,17,19,20,22);6-7H,3-5H2,1-2H3. The van der Waals surface area contributed by atoms with Gasteiger partial charge in [-0.2, -0.15) is 9.97 Å². The number of carbonyl (C=O) groups excluding carboxylic acids is 1. The fourth-order valence-corrected chi connectivity index (χ4v) is 9.22. The number of carboxylic acid groups (broad SMARTS) is 1. The molecule has 1 amide bonds. The van der Waals surface area contributed by atoms with Crippen LogP contribution >= 0.6 is 15.2 Å². The van der Waals surface area contributed by atoms with Gasteiger partial charge in [0.1, 0.15) is 12.1 Å². The second-order valence-electron chi connectivity index (χ2n) is 14.5. The lowest BCUT2D eigenvalue weighted by atomic mass is 10.2. The van der Waals surface area contributed by atoms with Crippen molar-refractivity contribution < 1.29 is 41.9 Å². The van der Waals surface area contributed by atoms with Gasteiger partial charge in [-0.3, -0.25) is 33.5 Å². The number of nitrogens with one attached hydrogen (secondary N) is 4. The first-order valence-corrected chi connectivity index (χ1v) is 24.4. The van der Waals surface area contributed by atoms with Crippen LogP contribution in [0.25, 0.3) is 22.3 Å². The number of aromatic amines is 2. The van der Waals surface area contributed by atoms with Crippen molar-refractivity contribution >= 4 is 72.7 Å². The van der Waals surface area contributed by atoms with Gasteiger partial charge in [0, 0.05) is 37.6 Å². The molecule has 0 bridgehead atoms. The van der Waals surface area contributed by atoms with Crippen LogP contribution in [0.4, 0.5) is 23.3 Å². The van der Waals surface area contributed by atoms with Crippen LogP contribution < -0.4 is 43.0 Å². The van der Waals surface area contributed by atoms with E-state index in [4.69, 9.17) is 34.7 Å². The van der Waals surface area contributed by atoms with E-state index in [1.54, 1.807) is 50.2 Å². The van der Waals surface area contributed by atoms with Gasteiger partial charge in [-0.1, -0.05) is 0 Å². The molecule has 1 aliphatic rings. The first-order valence-electron chi connectivity index (χ1n) is 21.1. The second kappa shape index (κ2) is 23.8. The largest absolute Gasteiger partial charge is 0.478 e. The van der Waals surface area contributed by atoms with Crippen LogP contribution in [-0.2, 0) is 40.3 Å². The molecule has 7 rings (SSSR count). The summed E-state index contributed by atoms with van der Waals surface area (Å²) in [6.07, 6.45) is 2.84. The Balaban J connectivity index is 0.000000214. The minimum absolute atomic E-state index is 0.00908. The number of aromatic nitrogens is 8. The molecule has 68 heavy (non-hydrogen) atoms. The van der Waals surface area contributed by atoms with Crippen molar-refractivity contribution in [3.8, 4) is 0 Å². The van der Waals surface area contributed by atoms with E-state index in [1.165, 1.54) is 24.5 Å². The predicted octanol–water partition coefficient (Wildman–Crippen LogP) is 3.70. The molecule has 0 spiro atoms. The fourth-order valence-electron chi connectivity index (χ4n) is 6.13. The molecule has 4 aromatic heterocycles. The molecule has 1 unspecified atom stereocenters. The topological polar surface area (TPSA) is 361 Å². The number of H-pyrrole nitrogens is 2. The van der Waals surface area contributed by atoms with E-state index >= 15 is 0 Å². The molecule has 0 aliphatic carbocycles. The Bertz CT molecular complexity index is 2880. The number of rotatable bonds is 19. The number of benzene rings is 2. The molecule has 1 fully saturated rings. The van der Waals surface area contributed by atoms with E-state index in [9.17, 15) is 28.3 Å². The van der Waals surface area contributed by atoms with Gasteiger partial charge < -0.3 is 55.1 Å². The Morgan fingerprint density at radius 1 is 0.706 bits per heavy atom. The number of aromatic carboxylic acids is 1. The van der Waals surface area contributed by atoms with Crippen molar-refractivity contribution in [1.82, 2.24) is 50.5 Å². The summed E-state index contributed by atoms with van der Waals surface area (Å²) in [5.74, 6) is -1.45. The first-order chi connectivity index (χ1) is 32.4. The SMILES string of the molecule is CCOP(=O)(CNC(=O)c1ccc(N(C)Cc2cnc3nc(N)[nH]c(=O)c3n2)cc1)OCC.CCOP(=O)(OCC)C1CN1.CN(Cc1cnc2nc(N)[nH]c(=O)c2n1)c1ccc(C(=O)O)cc1. The minimum atomic E-state index is -3.37. The molecule has 1 saturated heterocycles. The Morgan fingerprint density at radius 2 is 1.12 bits per heavy atom. The van der Waals surface area contributed by atoms with Crippen LogP contribution in [0.1, 0.15) is 59.8 Å². The number of carbonyl (C=O) groups is 2. The predicted molar refractivity (Wildman–Crippen MR) is 255 cm³/mol. The maximum atomic E-state index is 12.5. The van der Waals surface area contributed by atoms with E-state index in [2.05, 4.69) is 50.5 Å². The van der Waals surface area contributed by atoms with Crippen LogP contribution in [0.15, 0.2) is 70.5 Å². The zero-order chi connectivity index (χ0) is 49.6. The van der Waals surface area contributed by atoms with E-state index in [-0.39, 0.29) is 65.1 Å². The monoisotopic (exact) mass is 980 g/mol. The van der Waals surface area contributed by atoms with Gasteiger partial charge in [0.05, 0.1) is 68.9 Å². The summed E-state index contributed by atoms with van der Waals surface area (Å²) in [6, 6.07) is 13.3. The molecule has 5 heterocycles. The number of fused-ring (bicyclic) bond motifs is 2. The van der Waals surface area contributed by atoms with Gasteiger partial charge in [0.2, 0.25) is 11.9 Å². The van der Waals surface area contributed by atoms with Gasteiger partial charge in [-0.25, -0.2) is 24.7 Å². The molecule has 25 nitrogen and oxygen atoms in total. The highest BCUT2D eigenvalue weighted by molar-refractivity contribution is 7.55. The number of anilines is 4. The number of nitrogens with two attached hydrogens (primary N) is 2. The molecule has 0 radical (unpaired) electrons. The lowest BCUT2D eigenvalue weighted by molar-refractivity contribution is 0.0696. The van der Waals surface area contributed by atoms with Crippen LogP contribution in [0.5, 0.6) is 0 Å². The van der Waals surface area contributed by atoms with Gasteiger partial charge in [-0.15, -0.1) is 0 Å². The third kappa shape index (κ3) is 14.4. The van der Waals surface area contributed by atoms with Gasteiger partial charge in [0.15, 0.2) is 22.3 Å². The number of nitrogen functional groups attached to an aromatic ring is 2. The van der Waals surface area contributed by atoms with Crippen molar-refractivity contribution in [1.29, 1.82) is 0 Å². The lowest BCUT2D eigenvalue weighted by Gasteiger charge is -2.19. The number of nitrogens with zero attached hydrogens (tertiary/aromatic N) is 8. The highest BCUT2D eigenvalue weighted by atomic mass is 31.2. The number of carboxylic acids is 1. The van der Waals surface area contributed by atoms with Crippen LogP contribution in [0.2, 0.25) is 0 Å². The van der Waals surface area contributed by atoms with E-state index in [0.29, 0.717) is 43.3 Å². The average Bonchev–Trinajstić information content (AvgIpc) is 4.17. The molecule has 6 aromatic rings. The summed E-state index contributed by atoms with van der Waals surface area (Å²) in [5.41, 5.74) is 14.1. The Labute approximate surface area is 389 Å². The highest BCUT2D eigenvalue weighted by Crippen LogP contribution is 2.55. The van der Waals surface area contributed by atoms with Crippen molar-refractivity contribution in [2.45, 2.75) is 46.6 Å². The highest BCUT2D eigenvalue weighted by Gasteiger charge is 2.43. The number of amides is 1. The van der Waals surface area contributed by atoms with E-state index in [1.807, 2.05) is 37.7 Å². The van der Waals surface area contributed by atoms with Gasteiger partial charge in [0.25, 0.3) is 17.0 Å². The summed E-state index contributed by atoms with van der Waals surface area (Å²) < 4.78 is 44.6. The zero-order valence-electron chi connectivity index (χ0n) is 38.2. The normalized spacial score (nSPS) is 13.2. The number of hydrogen-bond acceptors (Lipinski definition) is 21. The molecule has 9 N–H and O–H groups in total. The Morgan fingerprint density at radius 3 is 1.50 bits per heavy atom. The molecule has 1 atom stereocenters. The minimum Gasteiger partial charge on any atom is -0.478 e. The van der Waals surface area contributed by atoms with E-state index < -0.39 is 38.2 Å². The molecule has 0 saturated carbocycles. The fraction of sp³-hybridized carbons (Fsp3) is 0.366. The van der Waals surface area contributed by atoms with Gasteiger partial charge in [-0.05, 0) is 76.2 Å². The molecule has 1 aliphatic heterocycles. The summed E-state index contributed by atoms with van der Waals surface area (Å²) in [6.45, 7) is 9.85. The zero-order valence-corrected chi connectivity index (χ0v) is 40.0. The quantitative estimate of drug-likeness (QED) is 0.0449. The summed E-state index contributed by atoms with van der Waals surface area (Å²) in [5, 5.41) is 14.4. The van der Waals surface area contributed by atoms with Crippen molar-refractivity contribution in [3.05, 3.63) is 104 Å². The molecule has 364 valence electrons. The molecule has 2 aromatic carbocycles. The third-order valence-corrected chi connectivity index (χ3v) is 13.6. The van der Waals surface area contributed by atoms with E-state index in [0.717, 1.165) is 17.9 Å². The van der Waals surface area contributed by atoms with Crippen LogP contribution in [-0.4, -0.2) is 116 Å². The Kier molecular flexibility index (Phi) is 18.3. The van der Waals surface area contributed by atoms with Crippen molar-refractivity contribution in [3.63, 3.8) is 0 Å². The molecule has 27 heteroatoms.